The molecule has 0 aliphatic rings. The van der Waals surface area contributed by atoms with E-state index in [0.29, 0.717) is 12.0 Å². The maximum Gasteiger partial charge on any atom is 0.545 e. The first-order chi connectivity index (χ1) is 4.22. The van der Waals surface area contributed by atoms with Gasteiger partial charge in [0.25, 0.3) is 0 Å². The SMILES string of the molecule is C=C(CC)C(=O)O[PH+]=O. The number of rotatable bonds is 3. The monoisotopic (exact) mass is 147 g/mol. The van der Waals surface area contributed by atoms with Crippen LogP contribution in [0.3, 0.4) is 0 Å². The van der Waals surface area contributed by atoms with E-state index < -0.39 is 14.7 Å². The second-order valence-corrected chi connectivity index (χ2v) is 1.80. The van der Waals surface area contributed by atoms with Crippen molar-refractivity contribution in [3.8, 4) is 0 Å². The molecule has 0 aliphatic carbocycles. The fourth-order valence-electron chi connectivity index (χ4n) is 0.254. The molecule has 0 bridgehead atoms. The molecule has 0 N–H and O–H groups in total. The minimum absolute atomic E-state index is 0.346. The molecule has 0 heterocycles. The van der Waals surface area contributed by atoms with Gasteiger partial charge >= 0.3 is 14.7 Å². The first kappa shape index (κ1) is 8.31. The van der Waals surface area contributed by atoms with Crippen LogP contribution in [-0.4, -0.2) is 5.97 Å². The van der Waals surface area contributed by atoms with Crippen LogP contribution in [0.1, 0.15) is 13.3 Å². The average molecular weight is 147 g/mol. The lowest BCUT2D eigenvalue weighted by Crippen LogP contribution is -1.98. The molecule has 0 spiro atoms. The summed E-state index contributed by atoms with van der Waals surface area (Å²) in [5, 5.41) is 0. The van der Waals surface area contributed by atoms with Gasteiger partial charge in [0.1, 0.15) is 0 Å². The van der Waals surface area contributed by atoms with Gasteiger partial charge in [-0.1, -0.05) is 13.5 Å². The summed E-state index contributed by atoms with van der Waals surface area (Å²) in [6.45, 7) is 5.16. The first-order valence-corrected chi connectivity index (χ1v) is 3.30. The Labute approximate surface area is 55.0 Å². The molecule has 0 aliphatic heterocycles. The van der Waals surface area contributed by atoms with Gasteiger partial charge in [-0.15, -0.1) is 0 Å². The summed E-state index contributed by atoms with van der Waals surface area (Å²) in [5.74, 6) is -0.578. The Morgan fingerprint density at radius 3 is 2.67 bits per heavy atom. The normalized spacial score (nSPS) is 9.00. The smallest absolute Gasteiger partial charge is 0.241 e. The van der Waals surface area contributed by atoms with Crippen molar-refractivity contribution in [3.05, 3.63) is 12.2 Å². The zero-order valence-corrected chi connectivity index (χ0v) is 6.14. The second-order valence-electron chi connectivity index (χ2n) is 1.43. The van der Waals surface area contributed by atoms with Gasteiger partial charge in [-0.05, 0) is 11.0 Å². The molecule has 0 fully saturated rings. The summed E-state index contributed by atoms with van der Waals surface area (Å²) in [5.41, 5.74) is 0.346. The third-order valence-electron chi connectivity index (χ3n) is 0.850. The predicted molar refractivity (Wildman–Crippen MR) is 34.5 cm³/mol. The Hall–Kier alpha value is -0.690. The van der Waals surface area contributed by atoms with Crippen LogP contribution in [0, 0.1) is 0 Å². The molecular formula is C5H8O3P+. The molecule has 4 heteroatoms. The quantitative estimate of drug-likeness (QED) is 0.448. The maximum atomic E-state index is 10.5. The third kappa shape index (κ3) is 2.98. The Balaban J connectivity index is 3.73. The third-order valence-corrected chi connectivity index (χ3v) is 1.12. The number of carbonyl (C=O) groups excluding carboxylic acids is 1. The van der Waals surface area contributed by atoms with Crippen molar-refractivity contribution >= 4 is 14.7 Å². The van der Waals surface area contributed by atoms with Gasteiger partial charge in [0.15, 0.2) is 0 Å². The van der Waals surface area contributed by atoms with E-state index >= 15 is 0 Å². The van der Waals surface area contributed by atoms with Crippen molar-refractivity contribution in [1.82, 2.24) is 0 Å². The topological polar surface area (TPSA) is 43.4 Å². The highest BCUT2D eigenvalue weighted by Crippen LogP contribution is 2.04. The lowest BCUT2D eigenvalue weighted by Gasteiger charge is -1.88. The number of hydrogen-bond donors (Lipinski definition) is 0. The van der Waals surface area contributed by atoms with Crippen molar-refractivity contribution in [2.24, 2.45) is 0 Å². The standard InChI is InChI=1S/C5H8O3P/c1-3-4(2)5(6)8-9-7/h9H,2-3H2,1H3/q+1. The highest BCUT2D eigenvalue weighted by molar-refractivity contribution is 7.18. The van der Waals surface area contributed by atoms with E-state index in [0.717, 1.165) is 0 Å². The van der Waals surface area contributed by atoms with Crippen LogP contribution in [0.5, 0.6) is 0 Å². The summed E-state index contributed by atoms with van der Waals surface area (Å²) in [4.78, 5) is 10.5. The van der Waals surface area contributed by atoms with E-state index in [-0.39, 0.29) is 0 Å². The van der Waals surface area contributed by atoms with Gasteiger partial charge in [-0.25, -0.2) is 9.32 Å². The summed E-state index contributed by atoms with van der Waals surface area (Å²) in [6, 6.07) is 0. The molecule has 50 valence electrons. The van der Waals surface area contributed by atoms with Crippen LogP contribution in [-0.2, 0) is 13.9 Å². The van der Waals surface area contributed by atoms with Crippen molar-refractivity contribution < 1.29 is 13.9 Å². The summed E-state index contributed by atoms with van der Waals surface area (Å²) < 4.78 is 13.8. The van der Waals surface area contributed by atoms with E-state index in [1.807, 2.05) is 0 Å². The predicted octanol–water partition coefficient (Wildman–Crippen LogP) is 1.43. The number of hydrogen-bond acceptors (Lipinski definition) is 3. The largest absolute Gasteiger partial charge is 0.545 e. The van der Waals surface area contributed by atoms with Crippen LogP contribution in [0.4, 0.5) is 0 Å². The van der Waals surface area contributed by atoms with Gasteiger partial charge < -0.3 is 0 Å². The number of carbonyl (C=O) groups is 1. The maximum absolute atomic E-state index is 10.5. The summed E-state index contributed by atoms with van der Waals surface area (Å²) in [6.07, 6.45) is 0.531. The Bertz CT molecular complexity index is 141. The van der Waals surface area contributed by atoms with E-state index in [1.165, 1.54) is 0 Å². The van der Waals surface area contributed by atoms with Gasteiger partial charge in [-0.3, -0.25) is 0 Å². The van der Waals surface area contributed by atoms with Crippen LogP contribution in [0.25, 0.3) is 0 Å². The van der Waals surface area contributed by atoms with Gasteiger partial charge in [-0.2, -0.15) is 0 Å². The highest BCUT2D eigenvalue weighted by atomic mass is 31.1. The molecule has 3 nitrogen and oxygen atoms in total. The molecule has 9 heavy (non-hydrogen) atoms. The molecule has 1 atom stereocenters. The van der Waals surface area contributed by atoms with Crippen molar-refractivity contribution in [3.63, 3.8) is 0 Å². The zero-order valence-electron chi connectivity index (χ0n) is 5.14. The van der Waals surface area contributed by atoms with Gasteiger partial charge in [0, 0.05) is 5.57 Å². The lowest BCUT2D eigenvalue weighted by molar-refractivity contribution is -0.129. The lowest BCUT2D eigenvalue weighted by atomic mass is 10.2. The Morgan fingerprint density at radius 2 is 2.33 bits per heavy atom. The van der Waals surface area contributed by atoms with Crippen LogP contribution >= 0.6 is 8.69 Å². The zero-order chi connectivity index (χ0) is 7.28. The summed E-state index contributed by atoms with van der Waals surface area (Å²) in [7, 11) is -1.03. The molecule has 0 aromatic rings. The minimum atomic E-state index is -1.03. The van der Waals surface area contributed by atoms with Crippen molar-refractivity contribution in [2.45, 2.75) is 13.3 Å². The molecule has 0 saturated heterocycles. The van der Waals surface area contributed by atoms with Gasteiger partial charge in [0.05, 0.1) is 0 Å². The van der Waals surface area contributed by atoms with Crippen LogP contribution in [0.2, 0.25) is 0 Å². The van der Waals surface area contributed by atoms with Crippen LogP contribution in [0.15, 0.2) is 12.2 Å². The van der Waals surface area contributed by atoms with E-state index in [2.05, 4.69) is 11.1 Å². The molecule has 0 saturated carbocycles. The molecule has 0 radical (unpaired) electrons. The Morgan fingerprint density at radius 1 is 1.78 bits per heavy atom. The fourth-order valence-corrected chi connectivity index (χ4v) is 0.474. The molecule has 0 amide bonds. The van der Waals surface area contributed by atoms with Gasteiger partial charge in [0.2, 0.25) is 0 Å². The summed E-state index contributed by atoms with van der Waals surface area (Å²) >= 11 is 0. The highest BCUT2D eigenvalue weighted by Gasteiger charge is 2.09. The molecule has 1 unspecified atom stereocenters. The van der Waals surface area contributed by atoms with E-state index in [1.54, 1.807) is 6.92 Å². The molecule has 0 aromatic heterocycles. The molecule has 0 aromatic carbocycles. The fraction of sp³-hybridized carbons (Fsp3) is 0.400. The minimum Gasteiger partial charge on any atom is -0.241 e. The van der Waals surface area contributed by atoms with E-state index in [9.17, 15) is 9.36 Å². The average Bonchev–Trinajstić information content (AvgIpc) is 1.87. The van der Waals surface area contributed by atoms with Crippen molar-refractivity contribution in [2.75, 3.05) is 0 Å². The van der Waals surface area contributed by atoms with Crippen molar-refractivity contribution in [1.29, 1.82) is 0 Å². The second kappa shape index (κ2) is 4.21. The molecular weight excluding hydrogens is 139 g/mol. The first-order valence-electron chi connectivity index (χ1n) is 2.48. The van der Waals surface area contributed by atoms with E-state index in [4.69, 9.17) is 0 Å². The Kier molecular flexibility index (Phi) is 3.89. The molecule has 0 rings (SSSR count). The van der Waals surface area contributed by atoms with Crippen LogP contribution < -0.4 is 0 Å².